The Morgan fingerprint density at radius 1 is 1.12 bits per heavy atom. The maximum atomic E-state index is 12.6. The number of aromatic nitrogens is 2. The Balaban J connectivity index is 2.01. The lowest BCUT2D eigenvalue weighted by Gasteiger charge is -2.16. The van der Waals surface area contributed by atoms with Gasteiger partial charge in [-0.2, -0.15) is 0 Å². The van der Waals surface area contributed by atoms with Gasteiger partial charge in [0, 0.05) is 17.1 Å². The number of nitrogens with zero attached hydrogens (tertiary/aromatic N) is 2. The molecule has 0 saturated heterocycles. The Labute approximate surface area is 194 Å². The van der Waals surface area contributed by atoms with E-state index in [4.69, 9.17) is 14.5 Å². The van der Waals surface area contributed by atoms with E-state index < -0.39 is 0 Å². The predicted molar refractivity (Wildman–Crippen MR) is 129 cm³/mol. The fourth-order valence-corrected chi connectivity index (χ4v) is 4.77. The number of ether oxygens (including phenoxy) is 2. The van der Waals surface area contributed by atoms with Crippen LogP contribution in [0.25, 0.3) is 28.4 Å². The van der Waals surface area contributed by atoms with Crippen molar-refractivity contribution in [2.45, 2.75) is 52.0 Å². The monoisotopic (exact) mass is 446 g/mol. The highest BCUT2D eigenvalue weighted by molar-refractivity contribution is 6.01. The maximum Gasteiger partial charge on any atom is 0.337 e. The lowest BCUT2D eigenvalue weighted by Crippen LogP contribution is -2.11. The van der Waals surface area contributed by atoms with E-state index in [1.807, 2.05) is 36.4 Å². The zero-order valence-corrected chi connectivity index (χ0v) is 19.7. The van der Waals surface area contributed by atoms with Crippen molar-refractivity contribution >= 4 is 28.9 Å². The summed E-state index contributed by atoms with van der Waals surface area (Å²) in [5, 5.41) is 1.07. The average Bonchev–Trinajstić information content (AvgIpc) is 3.05. The number of pyridine rings is 1. The van der Waals surface area contributed by atoms with Crippen LogP contribution in [0, 0.1) is 0 Å². The zero-order chi connectivity index (χ0) is 23.5. The van der Waals surface area contributed by atoms with Crippen molar-refractivity contribution in [3.63, 3.8) is 0 Å². The van der Waals surface area contributed by atoms with Crippen molar-refractivity contribution in [1.82, 2.24) is 9.55 Å². The average molecular weight is 447 g/mol. The molecule has 0 spiro atoms. The highest BCUT2D eigenvalue weighted by Gasteiger charge is 2.29. The highest BCUT2D eigenvalue weighted by atomic mass is 16.5. The summed E-state index contributed by atoms with van der Waals surface area (Å²) >= 11 is 0. The molecule has 3 aromatic rings. The van der Waals surface area contributed by atoms with Gasteiger partial charge in [-0.15, -0.1) is 0 Å². The first-order valence-corrected chi connectivity index (χ1v) is 11.5. The van der Waals surface area contributed by atoms with Crippen LogP contribution in [0.5, 0.6) is 0 Å². The van der Waals surface area contributed by atoms with Crippen molar-refractivity contribution in [3.8, 4) is 11.4 Å². The van der Waals surface area contributed by atoms with Crippen LogP contribution in [0.4, 0.5) is 0 Å². The van der Waals surface area contributed by atoms with E-state index >= 15 is 0 Å². The summed E-state index contributed by atoms with van der Waals surface area (Å²) in [5.74, 6) is -0.476. The molecule has 33 heavy (non-hydrogen) atoms. The topological polar surface area (TPSA) is 70.4 Å². The summed E-state index contributed by atoms with van der Waals surface area (Å²) in [4.78, 5) is 29.6. The lowest BCUT2D eigenvalue weighted by atomic mass is 9.90. The third kappa shape index (κ3) is 4.17. The highest BCUT2D eigenvalue weighted by Crippen LogP contribution is 2.43. The zero-order valence-electron chi connectivity index (χ0n) is 19.7. The third-order valence-corrected chi connectivity index (χ3v) is 6.43. The molecule has 1 atom stereocenters. The first-order valence-electron chi connectivity index (χ1n) is 11.5. The number of hydrogen-bond acceptors (Lipinski definition) is 5. The standard InChI is InChI=1S/C27H30N2O4/c1-5-6-7-9-17(2)23-21-12-11-19(26(30)32-3)15-22(21)29-16-20(27(31)33-4)14-18-10-8-13-28-24(18)25(23)29/h8,10-15,17H,5-7,9,16H2,1-4H3. The normalized spacial score (nSPS) is 13.5. The Hall–Kier alpha value is -3.41. The second-order valence-corrected chi connectivity index (χ2v) is 8.57. The van der Waals surface area contributed by atoms with E-state index in [-0.39, 0.29) is 17.9 Å². The second kappa shape index (κ2) is 9.61. The van der Waals surface area contributed by atoms with E-state index in [1.165, 1.54) is 32.6 Å². The summed E-state index contributed by atoms with van der Waals surface area (Å²) in [7, 11) is 2.77. The SMILES string of the molecule is CCCCCC(C)c1c2n(c3cc(C(=O)OC)ccc13)CC(C(=O)OC)=Cc1cccnc1-2. The summed E-state index contributed by atoms with van der Waals surface area (Å²) < 4.78 is 12.1. The summed E-state index contributed by atoms with van der Waals surface area (Å²) in [6, 6.07) is 9.52. The molecule has 4 rings (SSSR count). The Morgan fingerprint density at radius 2 is 1.91 bits per heavy atom. The largest absolute Gasteiger partial charge is 0.466 e. The maximum absolute atomic E-state index is 12.6. The van der Waals surface area contributed by atoms with Crippen molar-refractivity contribution in [2.75, 3.05) is 14.2 Å². The summed E-state index contributed by atoms with van der Waals surface area (Å²) in [6.45, 7) is 4.79. The van der Waals surface area contributed by atoms with Gasteiger partial charge in [0.05, 0.1) is 48.8 Å². The van der Waals surface area contributed by atoms with Gasteiger partial charge < -0.3 is 14.0 Å². The first kappa shape index (κ1) is 22.8. The van der Waals surface area contributed by atoms with Gasteiger partial charge in [-0.25, -0.2) is 9.59 Å². The number of carbonyl (C=O) groups excluding carboxylic acids is 2. The van der Waals surface area contributed by atoms with E-state index in [2.05, 4.69) is 18.4 Å². The van der Waals surface area contributed by atoms with Crippen LogP contribution in [-0.2, 0) is 20.8 Å². The van der Waals surface area contributed by atoms with Gasteiger partial charge in [0.1, 0.15) is 0 Å². The van der Waals surface area contributed by atoms with Crippen molar-refractivity contribution < 1.29 is 19.1 Å². The minimum absolute atomic E-state index is 0.286. The molecular formula is C27H30N2O4. The van der Waals surface area contributed by atoms with E-state index in [9.17, 15) is 9.59 Å². The molecule has 1 aliphatic heterocycles. The van der Waals surface area contributed by atoms with Gasteiger partial charge in [-0.05, 0) is 42.2 Å². The molecule has 2 aromatic heterocycles. The van der Waals surface area contributed by atoms with E-state index in [0.29, 0.717) is 17.7 Å². The van der Waals surface area contributed by atoms with Gasteiger partial charge in [0.25, 0.3) is 0 Å². The van der Waals surface area contributed by atoms with E-state index in [1.54, 1.807) is 6.20 Å². The number of methoxy groups -OCH3 is 2. The van der Waals surface area contributed by atoms with Crippen molar-refractivity contribution in [1.29, 1.82) is 0 Å². The van der Waals surface area contributed by atoms with Gasteiger partial charge in [0.15, 0.2) is 0 Å². The lowest BCUT2D eigenvalue weighted by molar-refractivity contribution is -0.136. The molecule has 0 radical (unpaired) electrons. The molecule has 0 aliphatic carbocycles. The van der Waals surface area contributed by atoms with Crippen molar-refractivity contribution in [2.24, 2.45) is 0 Å². The molecule has 0 amide bonds. The molecular weight excluding hydrogens is 416 g/mol. The molecule has 1 aromatic carbocycles. The van der Waals surface area contributed by atoms with Gasteiger partial charge in [-0.3, -0.25) is 4.98 Å². The molecule has 1 aliphatic rings. The van der Waals surface area contributed by atoms with Crippen LogP contribution in [0.15, 0.2) is 42.1 Å². The second-order valence-electron chi connectivity index (χ2n) is 8.57. The predicted octanol–water partition coefficient (Wildman–Crippen LogP) is 5.74. The van der Waals surface area contributed by atoms with Crippen LogP contribution in [0.1, 0.15) is 66.9 Å². The molecule has 0 saturated carbocycles. The number of unbranched alkanes of at least 4 members (excludes halogenated alkanes) is 2. The quantitative estimate of drug-likeness (QED) is 0.342. The van der Waals surface area contributed by atoms with E-state index in [0.717, 1.165) is 40.7 Å². The van der Waals surface area contributed by atoms with Crippen LogP contribution < -0.4 is 0 Å². The Bertz CT molecular complexity index is 1240. The van der Waals surface area contributed by atoms with Crippen LogP contribution >= 0.6 is 0 Å². The van der Waals surface area contributed by atoms with Gasteiger partial charge in [-0.1, -0.05) is 45.2 Å². The smallest absolute Gasteiger partial charge is 0.337 e. The molecule has 6 nitrogen and oxygen atoms in total. The molecule has 6 heteroatoms. The molecule has 3 heterocycles. The first-order chi connectivity index (χ1) is 16.0. The molecule has 0 N–H and O–H groups in total. The molecule has 0 bridgehead atoms. The van der Waals surface area contributed by atoms with Crippen LogP contribution in [0.2, 0.25) is 0 Å². The van der Waals surface area contributed by atoms with Gasteiger partial charge in [0.2, 0.25) is 0 Å². The van der Waals surface area contributed by atoms with Gasteiger partial charge >= 0.3 is 11.9 Å². The molecule has 172 valence electrons. The summed E-state index contributed by atoms with van der Waals surface area (Å²) in [5.41, 5.74) is 5.83. The van der Waals surface area contributed by atoms with Crippen molar-refractivity contribution in [3.05, 3.63) is 58.8 Å². The fourth-order valence-electron chi connectivity index (χ4n) is 4.77. The summed E-state index contributed by atoms with van der Waals surface area (Å²) in [6.07, 6.45) is 8.20. The molecule has 0 fully saturated rings. The molecule has 1 unspecified atom stereocenters. The van der Waals surface area contributed by atoms with Crippen LogP contribution in [-0.4, -0.2) is 35.7 Å². The number of benzene rings is 1. The number of hydrogen-bond donors (Lipinski definition) is 0. The number of esters is 2. The van der Waals surface area contributed by atoms with Crippen LogP contribution in [0.3, 0.4) is 0 Å². The number of carbonyl (C=O) groups is 2. The Kier molecular flexibility index (Phi) is 6.63. The Morgan fingerprint density at radius 3 is 2.64 bits per heavy atom. The minimum atomic E-state index is -0.388. The number of rotatable bonds is 7. The minimum Gasteiger partial charge on any atom is -0.466 e. The third-order valence-electron chi connectivity index (χ3n) is 6.43. The number of fused-ring (bicyclic) bond motifs is 5. The fraction of sp³-hybridized carbons (Fsp3) is 0.370.